The van der Waals surface area contributed by atoms with E-state index in [0.29, 0.717) is 6.04 Å². The molecule has 0 amide bonds. The highest BCUT2D eigenvalue weighted by molar-refractivity contribution is 5.09. The molecule has 1 fully saturated rings. The average molecular weight is 261 g/mol. The first-order chi connectivity index (χ1) is 9.19. The highest BCUT2D eigenvalue weighted by atomic mass is 15.2. The third-order valence-electron chi connectivity index (χ3n) is 3.82. The fourth-order valence-electron chi connectivity index (χ4n) is 2.47. The lowest BCUT2D eigenvalue weighted by Crippen LogP contribution is -2.40. The highest BCUT2D eigenvalue weighted by Crippen LogP contribution is 2.19. The predicted molar refractivity (Wildman–Crippen MR) is 80.2 cm³/mol. The van der Waals surface area contributed by atoms with Crippen molar-refractivity contribution in [2.45, 2.75) is 58.2 Å². The van der Waals surface area contributed by atoms with Crippen molar-refractivity contribution in [3.63, 3.8) is 0 Å². The quantitative estimate of drug-likeness (QED) is 0.780. The van der Waals surface area contributed by atoms with Crippen LogP contribution in [0, 0.1) is 6.92 Å². The van der Waals surface area contributed by atoms with Gasteiger partial charge in [0, 0.05) is 30.9 Å². The standard InChI is InChI=1S/C16H27N3/c1-4-6-16(11-17-14-9-10-14)19(3)12-15-8-5-7-13(2)18-15/h5,7-8,14,16-17H,4,6,9-12H2,1-3H3. The Hall–Kier alpha value is -0.930. The van der Waals surface area contributed by atoms with E-state index in [1.54, 1.807) is 0 Å². The van der Waals surface area contributed by atoms with Crippen molar-refractivity contribution in [2.24, 2.45) is 0 Å². The molecule has 0 saturated heterocycles. The van der Waals surface area contributed by atoms with Gasteiger partial charge in [-0.25, -0.2) is 0 Å². The van der Waals surface area contributed by atoms with Crippen LogP contribution in [0.2, 0.25) is 0 Å². The van der Waals surface area contributed by atoms with Crippen LogP contribution in [-0.2, 0) is 6.54 Å². The molecule has 0 aliphatic heterocycles. The summed E-state index contributed by atoms with van der Waals surface area (Å²) in [6.07, 6.45) is 5.22. The minimum absolute atomic E-state index is 0.618. The number of nitrogens with zero attached hydrogens (tertiary/aromatic N) is 2. The zero-order valence-corrected chi connectivity index (χ0v) is 12.5. The number of aryl methyl sites for hydroxylation is 1. The van der Waals surface area contributed by atoms with E-state index < -0.39 is 0 Å². The fourth-order valence-corrected chi connectivity index (χ4v) is 2.47. The lowest BCUT2D eigenvalue weighted by molar-refractivity contribution is 0.212. The molecule has 1 aromatic heterocycles. The van der Waals surface area contributed by atoms with Gasteiger partial charge in [-0.2, -0.15) is 0 Å². The van der Waals surface area contributed by atoms with Gasteiger partial charge in [0.25, 0.3) is 0 Å². The van der Waals surface area contributed by atoms with Crippen LogP contribution in [0.4, 0.5) is 0 Å². The highest BCUT2D eigenvalue weighted by Gasteiger charge is 2.23. The Labute approximate surface area is 117 Å². The van der Waals surface area contributed by atoms with Crippen molar-refractivity contribution in [1.82, 2.24) is 15.2 Å². The van der Waals surface area contributed by atoms with Crippen LogP contribution in [0.25, 0.3) is 0 Å². The van der Waals surface area contributed by atoms with Crippen LogP contribution in [0.1, 0.15) is 44.0 Å². The molecule has 0 bridgehead atoms. The summed E-state index contributed by atoms with van der Waals surface area (Å²) in [5, 5.41) is 3.66. The molecule has 3 heteroatoms. The Kier molecular flexibility index (Phi) is 5.34. The Morgan fingerprint density at radius 3 is 2.84 bits per heavy atom. The van der Waals surface area contributed by atoms with E-state index in [0.717, 1.165) is 24.8 Å². The number of hydrogen-bond acceptors (Lipinski definition) is 3. The van der Waals surface area contributed by atoms with Gasteiger partial charge in [0.1, 0.15) is 0 Å². The third-order valence-corrected chi connectivity index (χ3v) is 3.82. The molecular weight excluding hydrogens is 234 g/mol. The summed E-state index contributed by atoms with van der Waals surface area (Å²) in [4.78, 5) is 7.05. The second kappa shape index (κ2) is 7.01. The second-order valence-corrected chi connectivity index (χ2v) is 5.81. The number of rotatable bonds is 8. The van der Waals surface area contributed by atoms with Crippen LogP contribution in [0.5, 0.6) is 0 Å². The summed E-state index contributed by atoms with van der Waals surface area (Å²) < 4.78 is 0. The molecule has 1 unspecified atom stereocenters. The summed E-state index contributed by atoms with van der Waals surface area (Å²) in [5.74, 6) is 0. The van der Waals surface area contributed by atoms with Gasteiger partial charge < -0.3 is 5.32 Å². The van der Waals surface area contributed by atoms with Crippen molar-refractivity contribution in [3.8, 4) is 0 Å². The van der Waals surface area contributed by atoms with E-state index in [4.69, 9.17) is 0 Å². The van der Waals surface area contributed by atoms with Crippen molar-refractivity contribution < 1.29 is 0 Å². The SMILES string of the molecule is CCCC(CNC1CC1)N(C)Cc1cccc(C)n1. The first-order valence-electron chi connectivity index (χ1n) is 7.55. The van der Waals surface area contributed by atoms with Crippen LogP contribution in [0.3, 0.4) is 0 Å². The van der Waals surface area contributed by atoms with E-state index in [1.807, 2.05) is 0 Å². The molecule has 0 spiro atoms. The molecule has 1 aliphatic carbocycles. The first-order valence-corrected chi connectivity index (χ1v) is 7.55. The molecule has 1 atom stereocenters. The molecule has 0 aromatic carbocycles. The number of aromatic nitrogens is 1. The summed E-state index contributed by atoms with van der Waals surface area (Å²) in [6.45, 7) is 6.38. The van der Waals surface area contributed by atoms with E-state index in [2.05, 4.69) is 54.3 Å². The molecule has 1 aromatic rings. The Morgan fingerprint density at radius 1 is 1.42 bits per heavy atom. The van der Waals surface area contributed by atoms with Crippen molar-refractivity contribution >= 4 is 0 Å². The van der Waals surface area contributed by atoms with E-state index >= 15 is 0 Å². The molecule has 1 aliphatic rings. The summed E-state index contributed by atoms with van der Waals surface area (Å²) >= 11 is 0. The molecule has 0 radical (unpaired) electrons. The number of nitrogens with one attached hydrogen (secondary N) is 1. The van der Waals surface area contributed by atoms with Gasteiger partial charge in [-0.3, -0.25) is 9.88 Å². The second-order valence-electron chi connectivity index (χ2n) is 5.81. The smallest absolute Gasteiger partial charge is 0.0547 e. The first kappa shape index (κ1) is 14.5. The number of likely N-dealkylation sites (N-methyl/N-ethyl adjacent to an activating group) is 1. The van der Waals surface area contributed by atoms with E-state index in [-0.39, 0.29) is 0 Å². The van der Waals surface area contributed by atoms with Crippen LogP contribution >= 0.6 is 0 Å². The molecule has 1 N–H and O–H groups in total. The summed E-state index contributed by atoms with van der Waals surface area (Å²) in [7, 11) is 2.22. The minimum Gasteiger partial charge on any atom is -0.312 e. The lowest BCUT2D eigenvalue weighted by atomic mass is 10.1. The van der Waals surface area contributed by atoms with Gasteiger partial charge in [0.05, 0.1) is 5.69 Å². The van der Waals surface area contributed by atoms with Crippen molar-refractivity contribution in [1.29, 1.82) is 0 Å². The van der Waals surface area contributed by atoms with Crippen molar-refractivity contribution in [3.05, 3.63) is 29.6 Å². The third kappa shape index (κ3) is 4.92. The van der Waals surface area contributed by atoms with Gasteiger partial charge in [-0.05, 0) is 45.4 Å². The maximum Gasteiger partial charge on any atom is 0.0547 e. The van der Waals surface area contributed by atoms with Gasteiger partial charge in [-0.1, -0.05) is 19.4 Å². The zero-order chi connectivity index (χ0) is 13.7. The normalized spacial score (nSPS) is 16.8. The van der Waals surface area contributed by atoms with Crippen LogP contribution < -0.4 is 5.32 Å². The molecular formula is C16H27N3. The zero-order valence-electron chi connectivity index (χ0n) is 12.5. The lowest BCUT2D eigenvalue weighted by Gasteiger charge is -2.28. The Bertz CT molecular complexity index is 387. The number of pyridine rings is 1. The Morgan fingerprint density at radius 2 is 2.21 bits per heavy atom. The molecule has 1 heterocycles. The minimum atomic E-state index is 0.618. The Balaban J connectivity index is 1.87. The summed E-state index contributed by atoms with van der Waals surface area (Å²) in [5.41, 5.74) is 2.28. The maximum absolute atomic E-state index is 4.60. The topological polar surface area (TPSA) is 28.2 Å². The predicted octanol–water partition coefficient (Wildman–Crippen LogP) is 2.74. The molecule has 106 valence electrons. The molecule has 19 heavy (non-hydrogen) atoms. The van der Waals surface area contributed by atoms with Gasteiger partial charge >= 0.3 is 0 Å². The summed E-state index contributed by atoms with van der Waals surface area (Å²) in [6, 6.07) is 7.70. The molecule has 3 nitrogen and oxygen atoms in total. The largest absolute Gasteiger partial charge is 0.312 e. The van der Waals surface area contributed by atoms with Gasteiger partial charge in [0.2, 0.25) is 0 Å². The average Bonchev–Trinajstić information content (AvgIpc) is 3.18. The number of hydrogen-bond donors (Lipinski definition) is 1. The van der Waals surface area contributed by atoms with Gasteiger partial charge in [-0.15, -0.1) is 0 Å². The van der Waals surface area contributed by atoms with Gasteiger partial charge in [0.15, 0.2) is 0 Å². The fraction of sp³-hybridized carbons (Fsp3) is 0.688. The maximum atomic E-state index is 4.60. The molecule has 2 rings (SSSR count). The van der Waals surface area contributed by atoms with E-state index in [9.17, 15) is 0 Å². The molecule has 1 saturated carbocycles. The van der Waals surface area contributed by atoms with E-state index in [1.165, 1.54) is 31.4 Å². The van der Waals surface area contributed by atoms with Crippen molar-refractivity contribution in [2.75, 3.05) is 13.6 Å². The monoisotopic (exact) mass is 261 g/mol. The van der Waals surface area contributed by atoms with Crippen LogP contribution in [0.15, 0.2) is 18.2 Å². The van der Waals surface area contributed by atoms with Crippen LogP contribution in [-0.4, -0.2) is 35.6 Å².